The molecule has 0 aliphatic carbocycles. The molecule has 0 radical (unpaired) electrons. The fraction of sp³-hybridized carbons (Fsp3) is 0.222. The van der Waals surface area contributed by atoms with Crippen LogP contribution in [0.25, 0.3) is 0 Å². The molecule has 25 heavy (non-hydrogen) atoms. The normalized spacial score (nSPS) is 13.8. The molecule has 0 bridgehead atoms. The third kappa shape index (κ3) is 4.12. The van der Waals surface area contributed by atoms with E-state index in [0.29, 0.717) is 19.0 Å². The van der Waals surface area contributed by atoms with E-state index in [1.807, 2.05) is 0 Å². The minimum Gasteiger partial charge on any atom is -0.479 e. The Morgan fingerprint density at radius 1 is 1.12 bits per heavy atom. The lowest BCUT2D eigenvalue weighted by Gasteiger charge is -2.15. The van der Waals surface area contributed by atoms with Crippen molar-refractivity contribution in [2.75, 3.05) is 18.1 Å². The number of halogens is 2. The van der Waals surface area contributed by atoms with Crippen LogP contribution in [0, 0.1) is 11.6 Å². The van der Waals surface area contributed by atoms with Crippen molar-refractivity contribution in [1.82, 2.24) is 0 Å². The Balaban J connectivity index is 1.55. The summed E-state index contributed by atoms with van der Waals surface area (Å²) in [6.07, 6.45) is 1.36. The molecule has 1 amide bonds. The van der Waals surface area contributed by atoms with Crippen LogP contribution in [0.4, 0.5) is 14.5 Å². The van der Waals surface area contributed by atoms with Gasteiger partial charge in [0, 0.05) is 24.7 Å². The first-order valence-electron chi connectivity index (χ1n) is 7.72. The van der Waals surface area contributed by atoms with E-state index < -0.39 is 24.2 Å². The van der Waals surface area contributed by atoms with Crippen LogP contribution in [0.15, 0.2) is 42.5 Å². The maximum Gasteiger partial charge on any atom is 0.349 e. The second-order valence-corrected chi connectivity index (χ2v) is 5.48. The predicted octanol–water partition coefficient (Wildman–Crippen LogP) is 3.08. The van der Waals surface area contributed by atoms with E-state index in [4.69, 9.17) is 9.47 Å². The highest BCUT2D eigenvalue weighted by Gasteiger charge is 2.21. The second-order valence-electron chi connectivity index (χ2n) is 5.48. The van der Waals surface area contributed by atoms with Crippen molar-refractivity contribution in [2.45, 2.75) is 12.8 Å². The average Bonchev–Trinajstić information content (AvgIpc) is 3.01. The number of anilines is 1. The number of ether oxygens (including phenoxy) is 2. The lowest BCUT2D eigenvalue weighted by Crippen LogP contribution is -2.23. The van der Waals surface area contributed by atoms with Gasteiger partial charge in [0.2, 0.25) is 5.91 Å². The van der Waals surface area contributed by atoms with Crippen molar-refractivity contribution in [1.29, 1.82) is 0 Å². The van der Waals surface area contributed by atoms with Crippen LogP contribution in [0.1, 0.15) is 12.8 Å². The molecule has 0 saturated carbocycles. The number of benzene rings is 2. The Labute approximate surface area is 142 Å². The molecule has 0 spiro atoms. The summed E-state index contributed by atoms with van der Waals surface area (Å²) < 4.78 is 36.2. The fourth-order valence-corrected chi connectivity index (χ4v) is 2.51. The summed E-state index contributed by atoms with van der Waals surface area (Å²) in [5.74, 6) is -2.24. The van der Waals surface area contributed by atoms with Gasteiger partial charge in [-0.05, 0) is 42.8 Å². The van der Waals surface area contributed by atoms with Crippen LogP contribution in [0.5, 0.6) is 11.5 Å². The van der Waals surface area contributed by atoms with Gasteiger partial charge < -0.3 is 14.4 Å². The molecular weight excluding hydrogens is 332 g/mol. The fourth-order valence-electron chi connectivity index (χ4n) is 2.51. The molecule has 0 aromatic heterocycles. The quantitative estimate of drug-likeness (QED) is 0.616. The van der Waals surface area contributed by atoms with Gasteiger partial charge in [-0.2, -0.15) is 0 Å². The zero-order valence-corrected chi connectivity index (χ0v) is 13.2. The van der Waals surface area contributed by atoms with Crippen LogP contribution in [0.2, 0.25) is 0 Å². The van der Waals surface area contributed by atoms with E-state index in [9.17, 15) is 18.4 Å². The number of esters is 1. The largest absolute Gasteiger partial charge is 0.479 e. The van der Waals surface area contributed by atoms with E-state index in [1.165, 1.54) is 0 Å². The van der Waals surface area contributed by atoms with Gasteiger partial charge in [-0.25, -0.2) is 13.6 Å². The third-order valence-electron chi connectivity index (χ3n) is 3.69. The number of carbonyl (C=O) groups excluding carboxylic acids is 2. The smallest absolute Gasteiger partial charge is 0.349 e. The zero-order valence-electron chi connectivity index (χ0n) is 13.2. The first kappa shape index (κ1) is 16.9. The van der Waals surface area contributed by atoms with Crippen molar-refractivity contribution in [3.05, 3.63) is 54.1 Å². The molecule has 1 fully saturated rings. The predicted molar refractivity (Wildman–Crippen MR) is 85.5 cm³/mol. The lowest BCUT2D eigenvalue weighted by molar-refractivity contribution is -0.136. The molecule has 1 aliphatic heterocycles. The molecule has 130 valence electrons. The zero-order chi connectivity index (χ0) is 17.8. The van der Waals surface area contributed by atoms with E-state index in [1.54, 1.807) is 29.2 Å². The van der Waals surface area contributed by atoms with Crippen LogP contribution < -0.4 is 14.4 Å². The molecule has 0 atom stereocenters. The topological polar surface area (TPSA) is 55.8 Å². The highest BCUT2D eigenvalue weighted by Crippen LogP contribution is 2.24. The van der Waals surface area contributed by atoms with Gasteiger partial charge in [-0.15, -0.1) is 0 Å². The van der Waals surface area contributed by atoms with E-state index >= 15 is 0 Å². The molecular formula is C18H15F2NO4. The van der Waals surface area contributed by atoms with Crippen molar-refractivity contribution >= 4 is 17.6 Å². The summed E-state index contributed by atoms with van der Waals surface area (Å²) in [4.78, 5) is 25.1. The number of amides is 1. The van der Waals surface area contributed by atoms with E-state index in [0.717, 1.165) is 24.2 Å². The molecule has 1 heterocycles. The standard InChI is InChI=1S/C18H15F2NO4/c19-12-3-8-16(15(20)10-12)24-11-18(23)25-14-6-4-13(5-7-14)21-9-1-2-17(21)22/h3-8,10H,1-2,9,11H2. The van der Waals surface area contributed by atoms with Gasteiger partial charge in [0.15, 0.2) is 18.2 Å². The van der Waals surface area contributed by atoms with Crippen molar-refractivity contribution < 1.29 is 27.8 Å². The first-order chi connectivity index (χ1) is 12.0. The molecule has 5 nitrogen and oxygen atoms in total. The minimum atomic E-state index is -0.896. The van der Waals surface area contributed by atoms with Crippen molar-refractivity contribution in [3.63, 3.8) is 0 Å². The number of hydrogen-bond acceptors (Lipinski definition) is 4. The molecule has 3 rings (SSSR count). The summed E-state index contributed by atoms with van der Waals surface area (Å²) in [7, 11) is 0. The molecule has 0 unspecified atom stereocenters. The van der Waals surface area contributed by atoms with Crippen molar-refractivity contribution in [2.24, 2.45) is 0 Å². The summed E-state index contributed by atoms with van der Waals surface area (Å²) in [6.45, 7) is 0.157. The Hall–Kier alpha value is -2.96. The van der Waals surface area contributed by atoms with Gasteiger partial charge in [0.1, 0.15) is 11.6 Å². The highest BCUT2D eigenvalue weighted by atomic mass is 19.1. The van der Waals surface area contributed by atoms with E-state index in [-0.39, 0.29) is 17.4 Å². The summed E-state index contributed by atoms with van der Waals surface area (Å²) >= 11 is 0. The summed E-state index contributed by atoms with van der Waals surface area (Å²) in [6, 6.07) is 9.30. The molecule has 2 aromatic rings. The SMILES string of the molecule is O=C(COc1ccc(F)cc1F)Oc1ccc(N2CCCC2=O)cc1. The molecule has 0 N–H and O–H groups in total. The summed E-state index contributed by atoms with van der Waals surface area (Å²) in [5.41, 5.74) is 0.743. The second kappa shape index (κ2) is 7.29. The number of carbonyl (C=O) groups is 2. The maximum absolute atomic E-state index is 13.4. The van der Waals surface area contributed by atoms with Crippen molar-refractivity contribution in [3.8, 4) is 11.5 Å². The van der Waals surface area contributed by atoms with Crippen LogP contribution in [-0.2, 0) is 9.59 Å². The van der Waals surface area contributed by atoms with Gasteiger partial charge in [0.05, 0.1) is 0 Å². The summed E-state index contributed by atoms with van der Waals surface area (Å²) in [5, 5.41) is 0. The number of hydrogen-bond donors (Lipinski definition) is 0. The average molecular weight is 347 g/mol. The third-order valence-corrected chi connectivity index (χ3v) is 3.69. The Morgan fingerprint density at radius 3 is 2.52 bits per heavy atom. The van der Waals surface area contributed by atoms with Gasteiger partial charge in [-0.1, -0.05) is 0 Å². The van der Waals surface area contributed by atoms with Crippen LogP contribution >= 0.6 is 0 Å². The Morgan fingerprint density at radius 2 is 1.88 bits per heavy atom. The van der Waals surface area contributed by atoms with Crippen LogP contribution in [0.3, 0.4) is 0 Å². The lowest BCUT2D eigenvalue weighted by atomic mass is 10.3. The molecule has 1 aliphatic rings. The minimum absolute atomic E-state index is 0.0690. The first-order valence-corrected chi connectivity index (χ1v) is 7.72. The van der Waals surface area contributed by atoms with E-state index in [2.05, 4.69) is 0 Å². The molecule has 1 saturated heterocycles. The number of rotatable bonds is 5. The van der Waals surface area contributed by atoms with Gasteiger partial charge in [0.25, 0.3) is 0 Å². The molecule has 2 aromatic carbocycles. The molecule has 7 heteroatoms. The monoisotopic (exact) mass is 347 g/mol. The van der Waals surface area contributed by atoms with Gasteiger partial charge >= 0.3 is 5.97 Å². The Kier molecular flexibility index (Phi) is 4.92. The van der Waals surface area contributed by atoms with Crippen LogP contribution in [-0.4, -0.2) is 25.0 Å². The number of nitrogens with zero attached hydrogens (tertiary/aromatic N) is 1. The Bertz CT molecular complexity index is 792. The van der Waals surface area contributed by atoms with Gasteiger partial charge in [-0.3, -0.25) is 4.79 Å². The highest BCUT2D eigenvalue weighted by molar-refractivity contribution is 5.95. The maximum atomic E-state index is 13.4.